The van der Waals surface area contributed by atoms with E-state index in [1.807, 2.05) is 17.8 Å². The molecule has 1 atom stereocenters. The zero-order chi connectivity index (χ0) is 13.4. The van der Waals surface area contributed by atoms with Gasteiger partial charge in [-0.15, -0.1) is 0 Å². The molecule has 1 heterocycles. The van der Waals surface area contributed by atoms with Crippen LogP contribution in [-0.2, 0) is 17.1 Å². The summed E-state index contributed by atoms with van der Waals surface area (Å²) in [5.41, 5.74) is 0.934. The van der Waals surface area contributed by atoms with Gasteiger partial charge in [0.2, 0.25) is 0 Å². The molecule has 0 aromatic carbocycles. The first kappa shape index (κ1) is 15.2. The van der Waals surface area contributed by atoms with Crippen LogP contribution in [0.3, 0.4) is 0 Å². The summed E-state index contributed by atoms with van der Waals surface area (Å²) < 4.78 is 5.14. The number of nitrogens with zero attached hydrogens (tertiary/aromatic N) is 2. The van der Waals surface area contributed by atoms with E-state index in [4.69, 9.17) is 4.74 Å². The fourth-order valence-corrected chi connectivity index (χ4v) is 2.24. The number of hydrogen-bond donors (Lipinski definition) is 1. The van der Waals surface area contributed by atoms with Crippen LogP contribution in [0.1, 0.15) is 38.7 Å². The summed E-state index contributed by atoms with van der Waals surface area (Å²) in [5, 5.41) is 3.87. The Morgan fingerprint density at radius 2 is 2.17 bits per heavy atom. The number of rotatable bonds is 8. The van der Waals surface area contributed by atoms with Gasteiger partial charge < -0.3 is 10.1 Å². The van der Waals surface area contributed by atoms with Crippen LogP contribution in [0, 0.1) is 0 Å². The van der Waals surface area contributed by atoms with Crippen molar-refractivity contribution in [2.45, 2.75) is 44.8 Å². The summed E-state index contributed by atoms with van der Waals surface area (Å²) in [6.45, 7) is 7.88. The van der Waals surface area contributed by atoms with Crippen molar-refractivity contribution < 1.29 is 4.74 Å². The van der Waals surface area contributed by atoms with Crippen molar-refractivity contribution in [3.8, 4) is 0 Å². The molecule has 0 saturated carbocycles. The molecule has 1 aromatic heterocycles. The molecule has 0 fully saturated rings. The number of aromatic nitrogens is 2. The summed E-state index contributed by atoms with van der Waals surface area (Å²) in [7, 11) is 1.68. The zero-order valence-electron chi connectivity index (χ0n) is 11.7. The maximum Gasteiger partial charge on any atom is 0.140 e. The van der Waals surface area contributed by atoms with Crippen molar-refractivity contribution in [2.24, 2.45) is 0 Å². The lowest BCUT2D eigenvalue weighted by atomic mass is 10.4. The molecule has 0 aliphatic carbocycles. The minimum atomic E-state index is 0.530. The van der Waals surface area contributed by atoms with Crippen molar-refractivity contribution in [1.82, 2.24) is 9.97 Å². The molecular weight excluding hydrogens is 246 g/mol. The molecule has 102 valence electrons. The van der Waals surface area contributed by atoms with E-state index in [0.29, 0.717) is 11.9 Å². The van der Waals surface area contributed by atoms with E-state index in [0.717, 1.165) is 29.6 Å². The number of hydrogen-bond acceptors (Lipinski definition) is 5. The molecule has 0 amide bonds. The Balaban J connectivity index is 2.75. The summed E-state index contributed by atoms with van der Waals surface area (Å²) in [6.07, 6.45) is 1.17. The van der Waals surface area contributed by atoms with Crippen molar-refractivity contribution >= 4 is 17.6 Å². The van der Waals surface area contributed by atoms with E-state index in [9.17, 15) is 0 Å². The Kier molecular flexibility index (Phi) is 7.05. The Hall–Kier alpha value is -0.810. The van der Waals surface area contributed by atoms with Crippen LogP contribution in [-0.4, -0.2) is 28.9 Å². The standard InChI is InChI=1S/C13H23N3OS/c1-5-10(3)18-9-13-15-11(8-17-4)7-12(16-13)14-6-2/h7,10H,5-6,8-9H2,1-4H3,(H,14,15,16). The molecule has 0 radical (unpaired) electrons. The van der Waals surface area contributed by atoms with Crippen molar-refractivity contribution in [3.05, 3.63) is 17.6 Å². The Bertz CT molecular complexity index is 336. The first-order valence-corrected chi connectivity index (χ1v) is 7.45. The summed E-state index contributed by atoms with van der Waals surface area (Å²) in [6, 6.07) is 1.95. The third kappa shape index (κ3) is 5.23. The van der Waals surface area contributed by atoms with Gasteiger partial charge >= 0.3 is 0 Å². The SMILES string of the molecule is CCNc1cc(COC)nc(CSC(C)CC)n1. The van der Waals surface area contributed by atoms with Gasteiger partial charge in [-0.25, -0.2) is 9.97 Å². The highest BCUT2D eigenvalue weighted by Gasteiger charge is 2.06. The largest absolute Gasteiger partial charge is 0.378 e. The van der Waals surface area contributed by atoms with Gasteiger partial charge in [0.05, 0.1) is 18.1 Å². The van der Waals surface area contributed by atoms with E-state index < -0.39 is 0 Å². The smallest absolute Gasteiger partial charge is 0.140 e. The van der Waals surface area contributed by atoms with Gasteiger partial charge in [-0.3, -0.25) is 0 Å². The third-order valence-corrected chi connectivity index (χ3v) is 3.87. The zero-order valence-corrected chi connectivity index (χ0v) is 12.5. The lowest BCUT2D eigenvalue weighted by Gasteiger charge is -2.10. The average Bonchev–Trinajstić information content (AvgIpc) is 2.36. The maximum atomic E-state index is 5.14. The predicted molar refractivity (Wildman–Crippen MR) is 78.0 cm³/mol. The van der Waals surface area contributed by atoms with Gasteiger partial charge in [-0.2, -0.15) is 11.8 Å². The van der Waals surface area contributed by atoms with Gasteiger partial charge in [-0.05, 0) is 13.3 Å². The van der Waals surface area contributed by atoms with Gasteiger partial charge in [0, 0.05) is 25.0 Å². The van der Waals surface area contributed by atoms with Crippen LogP contribution in [0.4, 0.5) is 5.82 Å². The van der Waals surface area contributed by atoms with E-state index in [2.05, 4.69) is 36.1 Å². The molecule has 4 nitrogen and oxygen atoms in total. The van der Waals surface area contributed by atoms with Gasteiger partial charge in [-0.1, -0.05) is 13.8 Å². The second kappa shape index (κ2) is 8.32. The average molecular weight is 269 g/mol. The fraction of sp³-hybridized carbons (Fsp3) is 0.692. The van der Waals surface area contributed by atoms with Gasteiger partial charge in [0.1, 0.15) is 11.6 Å². The lowest BCUT2D eigenvalue weighted by molar-refractivity contribution is 0.181. The molecule has 1 aromatic rings. The quantitative estimate of drug-likeness (QED) is 0.786. The molecule has 1 N–H and O–H groups in total. The van der Waals surface area contributed by atoms with E-state index in [1.54, 1.807) is 7.11 Å². The van der Waals surface area contributed by atoms with Crippen LogP contribution >= 0.6 is 11.8 Å². The minimum Gasteiger partial charge on any atom is -0.378 e. The van der Waals surface area contributed by atoms with E-state index in [1.165, 1.54) is 6.42 Å². The molecule has 0 saturated heterocycles. The molecule has 0 aliphatic heterocycles. The fourth-order valence-electron chi connectivity index (χ4n) is 1.44. The number of nitrogens with one attached hydrogen (secondary N) is 1. The van der Waals surface area contributed by atoms with E-state index >= 15 is 0 Å². The first-order valence-electron chi connectivity index (χ1n) is 6.40. The minimum absolute atomic E-state index is 0.530. The highest BCUT2D eigenvalue weighted by molar-refractivity contribution is 7.99. The molecule has 0 aliphatic rings. The van der Waals surface area contributed by atoms with Gasteiger partial charge in [0.25, 0.3) is 0 Å². The number of thioether (sulfide) groups is 1. The number of anilines is 1. The van der Waals surface area contributed by atoms with Crippen LogP contribution in [0.15, 0.2) is 6.07 Å². The summed E-state index contributed by atoms with van der Waals surface area (Å²) in [5.74, 6) is 2.62. The van der Waals surface area contributed by atoms with Crippen LogP contribution in [0.2, 0.25) is 0 Å². The van der Waals surface area contributed by atoms with Crippen LogP contribution in [0.25, 0.3) is 0 Å². The summed E-state index contributed by atoms with van der Waals surface area (Å²) in [4.78, 5) is 9.03. The molecule has 5 heteroatoms. The van der Waals surface area contributed by atoms with Crippen molar-refractivity contribution in [1.29, 1.82) is 0 Å². The Morgan fingerprint density at radius 3 is 2.78 bits per heavy atom. The van der Waals surface area contributed by atoms with Crippen LogP contribution < -0.4 is 5.32 Å². The maximum absolute atomic E-state index is 5.14. The number of methoxy groups -OCH3 is 1. The second-order valence-corrected chi connectivity index (χ2v) is 5.58. The second-order valence-electron chi connectivity index (χ2n) is 4.15. The monoisotopic (exact) mass is 269 g/mol. The molecule has 0 spiro atoms. The first-order chi connectivity index (χ1) is 8.69. The highest BCUT2D eigenvalue weighted by Crippen LogP contribution is 2.19. The molecule has 1 rings (SSSR count). The lowest BCUT2D eigenvalue weighted by Crippen LogP contribution is -2.07. The molecular formula is C13H23N3OS. The molecule has 1 unspecified atom stereocenters. The predicted octanol–water partition coefficient (Wildman–Crippen LogP) is 3.09. The topological polar surface area (TPSA) is 47.0 Å². The third-order valence-electron chi connectivity index (χ3n) is 2.55. The Labute approximate surface area is 114 Å². The summed E-state index contributed by atoms with van der Waals surface area (Å²) >= 11 is 1.89. The molecule has 18 heavy (non-hydrogen) atoms. The van der Waals surface area contributed by atoms with Gasteiger partial charge in [0.15, 0.2) is 0 Å². The normalized spacial score (nSPS) is 12.4. The Morgan fingerprint density at radius 1 is 1.39 bits per heavy atom. The number of ether oxygens (including phenoxy) is 1. The molecule has 0 bridgehead atoms. The van der Waals surface area contributed by atoms with Crippen LogP contribution in [0.5, 0.6) is 0 Å². The highest BCUT2D eigenvalue weighted by atomic mass is 32.2. The van der Waals surface area contributed by atoms with Crippen molar-refractivity contribution in [2.75, 3.05) is 19.0 Å². The van der Waals surface area contributed by atoms with Crippen molar-refractivity contribution in [3.63, 3.8) is 0 Å². The van der Waals surface area contributed by atoms with E-state index in [-0.39, 0.29) is 0 Å².